The fraction of sp³-hybridized carbons (Fsp3) is 0.0909. The van der Waals surface area contributed by atoms with Gasteiger partial charge in [-0.25, -0.2) is 9.48 Å². The molecule has 4 aromatic rings. The Hall–Kier alpha value is -3.72. The van der Waals surface area contributed by atoms with Crippen LogP contribution in [0.5, 0.6) is 0 Å². The number of benzene rings is 3. The third-order valence-electron chi connectivity index (χ3n) is 4.78. The molecule has 0 aliphatic rings. The van der Waals surface area contributed by atoms with Crippen molar-refractivity contribution in [3.05, 3.63) is 77.4 Å². The highest BCUT2D eigenvalue weighted by molar-refractivity contribution is 6.31. The molecule has 0 saturated heterocycles. The monoisotopic (exact) mass is 459 g/mol. The van der Waals surface area contributed by atoms with Gasteiger partial charge >= 0.3 is 12.2 Å². The van der Waals surface area contributed by atoms with E-state index >= 15 is 0 Å². The molecule has 164 valence electrons. The predicted molar refractivity (Wildman–Crippen MR) is 120 cm³/mol. The summed E-state index contributed by atoms with van der Waals surface area (Å²) < 4.78 is 40.7. The van der Waals surface area contributed by atoms with Crippen molar-refractivity contribution in [2.45, 2.75) is 6.18 Å². The maximum Gasteiger partial charge on any atom is 0.417 e. The van der Waals surface area contributed by atoms with Crippen molar-refractivity contribution in [2.24, 2.45) is 0 Å². The van der Waals surface area contributed by atoms with Gasteiger partial charge in [-0.2, -0.15) is 18.3 Å². The summed E-state index contributed by atoms with van der Waals surface area (Å²) in [5.74, 6) is 0. The summed E-state index contributed by atoms with van der Waals surface area (Å²) in [4.78, 5) is 12.2. The van der Waals surface area contributed by atoms with Crippen molar-refractivity contribution in [2.75, 3.05) is 23.0 Å². The number of hydrogen-bond acceptors (Lipinski definition) is 3. The van der Waals surface area contributed by atoms with Crippen LogP contribution in [-0.4, -0.2) is 22.9 Å². The zero-order valence-electron chi connectivity index (χ0n) is 16.7. The molecule has 0 atom stereocenters. The number of nitrogens with one attached hydrogen (secondary N) is 3. The van der Waals surface area contributed by atoms with Crippen molar-refractivity contribution < 1.29 is 18.0 Å². The average molecular weight is 460 g/mol. The van der Waals surface area contributed by atoms with E-state index in [0.29, 0.717) is 5.69 Å². The van der Waals surface area contributed by atoms with E-state index in [4.69, 9.17) is 11.6 Å². The Bertz CT molecular complexity index is 1290. The molecule has 2 amide bonds. The summed E-state index contributed by atoms with van der Waals surface area (Å²) in [5, 5.41) is 13.0. The van der Waals surface area contributed by atoms with E-state index in [1.807, 2.05) is 25.2 Å². The van der Waals surface area contributed by atoms with Gasteiger partial charge in [-0.05, 0) is 54.6 Å². The number of carbonyl (C=O) groups is 1. The van der Waals surface area contributed by atoms with Gasteiger partial charge in [0.25, 0.3) is 0 Å². The topological polar surface area (TPSA) is 71.0 Å². The van der Waals surface area contributed by atoms with Gasteiger partial charge in [0.05, 0.1) is 28.0 Å². The molecular weight excluding hydrogens is 443 g/mol. The van der Waals surface area contributed by atoms with Gasteiger partial charge in [-0.3, -0.25) is 0 Å². The maximum atomic E-state index is 13.0. The molecule has 3 aromatic carbocycles. The lowest BCUT2D eigenvalue weighted by molar-refractivity contribution is -0.137. The first-order valence-electron chi connectivity index (χ1n) is 9.46. The molecule has 6 nitrogen and oxygen atoms in total. The first-order valence-corrected chi connectivity index (χ1v) is 9.84. The van der Waals surface area contributed by atoms with Crippen LogP contribution in [0, 0.1) is 0 Å². The molecule has 0 spiro atoms. The van der Waals surface area contributed by atoms with Crippen molar-refractivity contribution >= 4 is 45.6 Å². The highest BCUT2D eigenvalue weighted by atomic mass is 35.5. The summed E-state index contributed by atoms with van der Waals surface area (Å²) >= 11 is 5.60. The van der Waals surface area contributed by atoms with Gasteiger partial charge in [-0.15, -0.1) is 0 Å². The van der Waals surface area contributed by atoms with E-state index in [-0.39, 0.29) is 5.69 Å². The molecular formula is C22H17ClF3N5O. The fourth-order valence-corrected chi connectivity index (χ4v) is 3.50. The van der Waals surface area contributed by atoms with Crippen LogP contribution < -0.4 is 16.0 Å². The lowest BCUT2D eigenvalue weighted by Gasteiger charge is -2.12. The Morgan fingerprint density at radius 1 is 1.00 bits per heavy atom. The first-order chi connectivity index (χ1) is 15.3. The van der Waals surface area contributed by atoms with Crippen LogP contribution in [0.4, 0.5) is 35.0 Å². The molecule has 10 heteroatoms. The SMILES string of the molecule is CNc1cccc2c1cnn2-c1ccc(NC(=O)Nc2ccc(Cl)c(C(F)(F)F)c2)cc1. The Morgan fingerprint density at radius 3 is 2.38 bits per heavy atom. The number of halogens is 4. The lowest BCUT2D eigenvalue weighted by Crippen LogP contribution is -2.20. The molecule has 1 heterocycles. The molecule has 0 unspecified atom stereocenters. The van der Waals surface area contributed by atoms with Crippen molar-refractivity contribution in [3.63, 3.8) is 0 Å². The zero-order chi connectivity index (χ0) is 22.9. The Balaban J connectivity index is 1.48. The number of hydrogen-bond donors (Lipinski definition) is 3. The van der Waals surface area contributed by atoms with Gasteiger partial charge < -0.3 is 16.0 Å². The average Bonchev–Trinajstić information content (AvgIpc) is 3.19. The third kappa shape index (κ3) is 4.33. The largest absolute Gasteiger partial charge is 0.417 e. The summed E-state index contributed by atoms with van der Waals surface area (Å²) in [6.45, 7) is 0. The van der Waals surface area contributed by atoms with Gasteiger partial charge in [-0.1, -0.05) is 17.7 Å². The summed E-state index contributed by atoms with van der Waals surface area (Å²) in [5.41, 5.74) is 2.07. The van der Waals surface area contributed by atoms with E-state index in [1.54, 1.807) is 35.1 Å². The van der Waals surface area contributed by atoms with E-state index in [1.165, 1.54) is 6.07 Å². The summed E-state index contributed by atoms with van der Waals surface area (Å²) in [6.07, 6.45) is -2.85. The number of alkyl halides is 3. The number of carbonyl (C=O) groups excluding carboxylic acids is 1. The molecule has 0 aliphatic carbocycles. The minimum atomic E-state index is -4.62. The number of urea groups is 1. The first kappa shape index (κ1) is 21.5. The second-order valence-electron chi connectivity index (χ2n) is 6.86. The van der Waals surface area contributed by atoms with Gasteiger partial charge in [0, 0.05) is 29.5 Å². The van der Waals surface area contributed by atoms with E-state index in [9.17, 15) is 18.0 Å². The maximum absolute atomic E-state index is 13.0. The van der Waals surface area contributed by atoms with Gasteiger partial charge in [0.1, 0.15) is 0 Å². The standard InChI is InChI=1S/C22H17ClF3N5O/c1-27-19-3-2-4-20-16(19)12-28-31(20)15-8-5-13(6-9-15)29-21(32)30-14-7-10-18(23)17(11-14)22(24,25)26/h2-12,27H,1H3,(H2,29,30,32). The molecule has 1 aromatic heterocycles. The second-order valence-corrected chi connectivity index (χ2v) is 7.27. The molecule has 32 heavy (non-hydrogen) atoms. The Kier molecular flexibility index (Phi) is 5.67. The Morgan fingerprint density at radius 2 is 1.69 bits per heavy atom. The normalized spacial score (nSPS) is 11.4. The lowest BCUT2D eigenvalue weighted by atomic mass is 10.2. The molecule has 0 aliphatic heterocycles. The minimum absolute atomic E-state index is 0.0285. The van der Waals surface area contributed by atoms with Crippen LogP contribution in [0.25, 0.3) is 16.6 Å². The van der Waals surface area contributed by atoms with Crippen LogP contribution in [0.1, 0.15) is 5.56 Å². The number of rotatable bonds is 4. The third-order valence-corrected chi connectivity index (χ3v) is 5.11. The summed E-state index contributed by atoms with van der Waals surface area (Å²) in [6, 6.07) is 15.2. The van der Waals surface area contributed by atoms with Crippen LogP contribution in [0.15, 0.2) is 66.9 Å². The van der Waals surface area contributed by atoms with Crippen LogP contribution >= 0.6 is 11.6 Å². The molecule has 0 fully saturated rings. The number of nitrogens with zero attached hydrogens (tertiary/aromatic N) is 2. The van der Waals surface area contributed by atoms with Gasteiger partial charge in [0.15, 0.2) is 0 Å². The number of amides is 2. The van der Waals surface area contributed by atoms with E-state index < -0.39 is 22.8 Å². The molecule has 4 rings (SSSR count). The molecule has 0 saturated carbocycles. The van der Waals surface area contributed by atoms with Crippen LogP contribution in [-0.2, 0) is 6.18 Å². The summed E-state index contributed by atoms with van der Waals surface area (Å²) in [7, 11) is 1.84. The van der Waals surface area contributed by atoms with E-state index in [2.05, 4.69) is 21.0 Å². The van der Waals surface area contributed by atoms with Crippen molar-refractivity contribution in [1.29, 1.82) is 0 Å². The number of fused-ring (bicyclic) bond motifs is 1. The predicted octanol–water partition coefficient (Wildman–Crippen LogP) is 6.38. The van der Waals surface area contributed by atoms with Crippen LogP contribution in [0.3, 0.4) is 0 Å². The quantitative estimate of drug-likeness (QED) is 0.331. The second kappa shape index (κ2) is 8.43. The smallest absolute Gasteiger partial charge is 0.388 e. The van der Waals surface area contributed by atoms with Gasteiger partial charge in [0.2, 0.25) is 0 Å². The van der Waals surface area contributed by atoms with Crippen LogP contribution in [0.2, 0.25) is 5.02 Å². The number of anilines is 3. The highest BCUT2D eigenvalue weighted by Gasteiger charge is 2.33. The molecule has 0 bridgehead atoms. The van der Waals surface area contributed by atoms with Crippen molar-refractivity contribution in [3.8, 4) is 5.69 Å². The number of aromatic nitrogens is 2. The highest BCUT2D eigenvalue weighted by Crippen LogP contribution is 2.36. The molecule has 0 radical (unpaired) electrons. The van der Waals surface area contributed by atoms with E-state index in [0.717, 1.165) is 34.4 Å². The Labute approximate surface area is 186 Å². The van der Waals surface area contributed by atoms with Crippen molar-refractivity contribution in [1.82, 2.24) is 9.78 Å². The minimum Gasteiger partial charge on any atom is -0.388 e. The zero-order valence-corrected chi connectivity index (χ0v) is 17.4. The molecule has 3 N–H and O–H groups in total. The fourth-order valence-electron chi connectivity index (χ4n) is 3.27.